The molecule has 0 saturated carbocycles. The minimum absolute atomic E-state index is 0.0813. The molecular formula is C20H21N3O3S. The molecule has 27 heavy (non-hydrogen) atoms. The second kappa shape index (κ2) is 7.92. The third-order valence-electron chi connectivity index (χ3n) is 4.41. The molecule has 0 aliphatic carbocycles. The molecule has 0 radical (unpaired) electrons. The number of carbonyl (C=O) groups is 1. The first-order valence-corrected chi connectivity index (χ1v) is 9.95. The monoisotopic (exact) mass is 383 g/mol. The van der Waals surface area contributed by atoms with E-state index in [9.17, 15) is 4.79 Å². The molecule has 6 nitrogen and oxygen atoms in total. The van der Waals surface area contributed by atoms with Crippen LogP contribution in [0.2, 0.25) is 0 Å². The first-order valence-electron chi connectivity index (χ1n) is 8.97. The summed E-state index contributed by atoms with van der Waals surface area (Å²) in [6.45, 7) is 4.31. The summed E-state index contributed by atoms with van der Waals surface area (Å²) in [5, 5.41) is 0.764. The van der Waals surface area contributed by atoms with Crippen molar-refractivity contribution < 1.29 is 14.3 Å². The van der Waals surface area contributed by atoms with Crippen molar-refractivity contribution in [1.29, 1.82) is 0 Å². The molecule has 0 fully saturated rings. The maximum absolute atomic E-state index is 12.7. The minimum atomic E-state index is 0.0813. The molecule has 3 aromatic rings. The van der Waals surface area contributed by atoms with E-state index in [4.69, 9.17) is 9.47 Å². The Morgan fingerprint density at radius 3 is 2.81 bits per heavy atom. The summed E-state index contributed by atoms with van der Waals surface area (Å²) in [6, 6.07) is 13.7. The van der Waals surface area contributed by atoms with Gasteiger partial charge in [-0.15, -0.1) is 0 Å². The van der Waals surface area contributed by atoms with E-state index in [1.807, 2.05) is 54.3 Å². The number of amides is 1. The maximum Gasteiger partial charge on any atom is 0.233 e. The number of para-hydroxylation sites is 2. The maximum atomic E-state index is 12.7. The molecule has 1 aromatic heterocycles. The summed E-state index contributed by atoms with van der Waals surface area (Å²) in [5.74, 6) is 1.94. The molecule has 7 heteroatoms. The Morgan fingerprint density at radius 1 is 1.19 bits per heavy atom. The van der Waals surface area contributed by atoms with Crippen LogP contribution >= 0.6 is 11.8 Å². The molecule has 1 aliphatic heterocycles. The summed E-state index contributed by atoms with van der Waals surface area (Å²) in [6.07, 6.45) is 0. The highest BCUT2D eigenvalue weighted by Crippen LogP contribution is 2.31. The molecule has 140 valence electrons. The zero-order valence-electron chi connectivity index (χ0n) is 15.1. The van der Waals surface area contributed by atoms with Crippen LogP contribution in [0, 0.1) is 0 Å². The SMILES string of the molecule is CCN(Cc1ccc2c(c1)OCCO2)C(=O)CSc1nc2ccccc2[nH]1. The van der Waals surface area contributed by atoms with Gasteiger partial charge in [0, 0.05) is 13.1 Å². The number of imidazole rings is 1. The standard InChI is InChI=1S/C20H21N3O3S/c1-2-23(12-14-7-8-17-18(11-14)26-10-9-25-17)19(24)13-27-20-21-15-5-3-4-6-16(15)22-20/h3-8,11H,2,9-10,12-13H2,1H3,(H,21,22). The van der Waals surface area contributed by atoms with Gasteiger partial charge >= 0.3 is 0 Å². The number of H-pyrrole nitrogens is 1. The second-order valence-corrected chi connectivity index (χ2v) is 7.20. The smallest absolute Gasteiger partial charge is 0.233 e. The van der Waals surface area contributed by atoms with E-state index in [1.165, 1.54) is 11.8 Å². The molecule has 0 atom stereocenters. The van der Waals surface area contributed by atoms with Crippen molar-refractivity contribution in [2.45, 2.75) is 18.6 Å². The van der Waals surface area contributed by atoms with Crippen LogP contribution in [-0.4, -0.2) is 46.3 Å². The summed E-state index contributed by atoms with van der Waals surface area (Å²) in [4.78, 5) is 22.2. The first kappa shape index (κ1) is 17.7. The van der Waals surface area contributed by atoms with E-state index in [0.29, 0.717) is 32.1 Å². The topological polar surface area (TPSA) is 67.5 Å². The fourth-order valence-corrected chi connectivity index (χ4v) is 3.79. The highest BCUT2D eigenvalue weighted by molar-refractivity contribution is 7.99. The van der Waals surface area contributed by atoms with Crippen LogP contribution in [0.15, 0.2) is 47.6 Å². The van der Waals surface area contributed by atoms with Crippen molar-refractivity contribution in [2.24, 2.45) is 0 Å². The second-order valence-electron chi connectivity index (χ2n) is 6.23. The molecule has 2 heterocycles. The molecule has 1 N–H and O–H groups in total. The van der Waals surface area contributed by atoms with Crippen LogP contribution in [0.1, 0.15) is 12.5 Å². The van der Waals surface area contributed by atoms with E-state index in [-0.39, 0.29) is 5.91 Å². The van der Waals surface area contributed by atoms with Gasteiger partial charge in [-0.1, -0.05) is 30.0 Å². The van der Waals surface area contributed by atoms with Crippen LogP contribution in [0.3, 0.4) is 0 Å². The van der Waals surface area contributed by atoms with Gasteiger partial charge in [0.25, 0.3) is 0 Å². The van der Waals surface area contributed by atoms with Crippen LogP contribution in [-0.2, 0) is 11.3 Å². The van der Waals surface area contributed by atoms with Gasteiger partial charge in [-0.25, -0.2) is 4.98 Å². The van der Waals surface area contributed by atoms with Crippen LogP contribution < -0.4 is 9.47 Å². The lowest BCUT2D eigenvalue weighted by molar-refractivity contribution is -0.128. The fourth-order valence-electron chi connectivity index (χ4n) is 3.00. The van der Waals surface area contributed by atoms with Crippen molar-refractivity contribution in [3.05, 3.63) is 48.0 Å². The number of aromatic amines is 1. The number of thioether (sulfide) groups is 1. The summed E-state index contributed by atoms with van der Waals surface area (Å²) < 4.78 is 11.2. The van der Waals surface area contributed by atoms with E-state index in [0.717, 1.165) is 33.3 Å². The molecular weight excluding hydrogens is 362 g/mol. The van der Waals surface area contributed by atoms with E-state index >= 15 is 0 Å². The molecule has 0 unspecified atom stereocenters. The predicted octanol–water partition coefficient (Wildman–Crippen LogP) is 3.47. The van der Waals surface area contributed by atoms with E-state index in [2.05, 4.69) is 9.97 Å². The van der Waals surface area contributed by atoms with Crippen molar-refractivity contribution in [3.8, 4) is 11.5 Å². The van der Waals surface area contributed by atoms with Crippen molar-refractivity contribution in [1.82, 2.24) is 14.9 Å². The summed E-state index contributed by atoms with van der Waals surface area (Å²) in [7, 11) is 0. The Hall–Kier alpha value is -2.67. The summed E-state index contributed by atoms with van der Waals surface area (Å²) >= 11 is 1.43. The van der Waals surface area contributed by atoms with Gasteiger partial charge in [-0.2, -0.15) is 0 Å². The number of ether oxygens (including phenoxy) is 2. The number of carbonyl (C=O) groups excluding carboxylic acids is 1. The molecule has 4 rings (SSSR count). The Balaban J connectivity index is 1.39. The lowest BCUT2D eigenvalue weighted by Crippen LogP contribution is -2.31. The Morgan fingerprint density at radius 2 is 2.00 bits per heavy atom. The average Bonchev–Trinajstić information content (AvgIpc) is 3.13. The van der Waals surface area contributed by atoms with Gasteiger partial charge in [-0.3, -0.25) is 4.79 Å². The Labute approximate surface area is 161 Å². The predicted molar refractivity (Wildman–Crippen MR) is 105 cm³/mol. The number of fused-ring (bicyclic) bond motifs is 2. The third-order valence-corrected chi connectivity index (χ3v) is 5.27. The van der Waals surface area contributed by atoms with Crippen LogP contribution in [0.25, 0.3) is 11.0 Å². The van der Waals surface area contributed by atoms with E-state index < -0.39 is 0 Å². The molecule has 0 bridgehead atoms. The zero-order chi connectivity index (χ0) is 18.6. The summed E-state index contributed by atoms with van der Waals surface area (Å²) in [5.41, 5.74) is 2.93. The van der Waals surface area contributed by atoms with Crippen molar-refractivity contribution >= 4 is 28.7 Å². The quantitative estimate of drug-likeness (QED) is 0.660. The number of aromatic nitrogens is 2. The van der Waals surface area contributed by atoms with Gasteiger partial charge in [0.2, 0.25) is 5.91 Å². The molecule has 2 aromatic carbocycles. The zero-order valence-corrected chi connectivity index (χ0v) is 15.9. The number of nitrogens with zero attached hydrogens (tertiary/aromatic N) is 2. The van der Waals surface area contributed by atoms with Gasteiger partial charge in [0.05, 0.1) is 16.8 Å². The molecule has 0 spiro atoms. The van der Waals surface area contributed by atoms with Gasteiger partial charge in [-0.05, 0) is 36.8 Å². The lowest BCUT2D eigenvalue weighted by Gasteiger charge is -2.23. The Kier molecular flexibility index (Phi) is 5.20. The van der Waals surface area contributed by atoms with Crippen molar-refractivity contribution in [3.63, 3.8) is 0 Å². The van der Waals surface area contributed by atoms with Gasteiger partial charge in [0.15, 0.2) is 16.7 Å². The third kappa shape index (κ3) is 4.03. The number of rotatable bonds is 6. The molecule has 0 saturated heterocycles. The van der Waals surface area contributed by atoms with Crippen LogP contribution in [0.5, 0.6) is 11.5 Å². The number of benzene rings is 2. The number of hydrogen-bond acceptors (Lipinski definition) is 5. The molecule has 1 aliphatic rings. The average molecular weight is 383 g/mol. The van der Waals surface area contributed by atoms with Gasteiger partial charge < -0.3 is 19.4 Å². The highest BCUT2D eigenvalue weighted by Gasteiger charge is 2.16. The normalized spacial score (nSPS) is 12.9. The van der Waals surface area contributed by atoms with E-state index in [1.54, 1.807) is 0 Å². The van der Waals surface area contributed by atoms with Crippen molar-refractivity contribution in [2.75, 3.05) is 25.5 Å². The lowest BCUT2D eigenvalue weighted by atomic mass is 10.2. The largest absolute Gasteiger partial charge is 0.486 e. The fraction of sp³-hybridized carbons (Fsp3) is 0.300. The highest BCUT2D eigenvalue weighted by atomic mass is 32.2. The number of hydrogen-bond donors (Lipinski definition) is 1. The Bertz CT molecular complexity index is 924. The number of nitrogens with one attached hydrogen (secondary N) is 1. The first-order chi connectivity index (χ1) is 13.2. The van der Waals surface area contributed by atoms with Crippen LogP contribution in [0.4, 0.5) is 0 Å². The minimum Gasteiger partial charge on any atom is -0.486 e. The molecule has 1 amide bonds. The van der Waals surface area contributed by atoms with Gasteiger partial charge in [0.1, 0.15) is 13.2 Å².